The van der Waals surface area contributed by atoms with Gasteiger partial charge in [-0.25, -0.2) is 0 Å². The topological polar surface area (TPSA) is 43.4 Å². The van der Waals surface area contributed by atoms with Gasteiger partial charge in [0, 0.05) is 5.41 Å². The number of rotatable bonds is 3. The molecule has 0 spiro atoms. The molecule has 0 bridgehead atoms. The Morgan fingerprint density at radius 3 is 2.09 bits per heavy atom. The van der Waals surface area contributed by atoms with Crippen LogP contribution in [-0.4, -0.2) is 13.9 Å². The summed E-state index contributed by atoms with van der Waals surface area (Å²) in [4.78, 5) is 0. The number of benzene rings is 4. The van der Waals surface area contributed by atoms with Crippen molar-refractivity contribution >= 4 is 20.9 Å². The smallest absolute Gasteiger partial charge is 0.376 e. The first kappa shape index (κ1) is 21.5. The van der Waals surface area contributed by atoms with E-state index in [2.05, 4.69) is 54.4 Å². The SMILES string of the molecule is CC1(C)c2ccccc2-c2ccc(-c3ccc4cc(OS(=O)(=O)C(F)(F)F)ccc4c3)cc21. The summed E-state index contributed by atoms with van der Waals surface area (Å²) in [7, 11) is -5.71. The summed E-state index contributed by atoms with van der Waals surface area (Å²) in [6, 6.07) is 24.3. The van der Waals surface area contributed by atoms with Gasteiger partial charge in [0.25, 0.3) is 0 Å². The molecule has 0 aromatic heterocycles. The van der Waals surface area contributed by atoms with E-state index in [1.807, 2.05) is 18.2 Å². The molecular weight excluding hydrogens is 449 g/mol. The number of alkyl halides is 3. The molecule has 0 aliphatic heterocycles. The Morgan fingerprint density at radius 2 is 1.33 bits per heavy atom. The molecule has 0 N–H and O–H groups in total. The molecule has 0 atom stereocenters. The summed E-state index contributed by atoms with van der Waals surface area (Å²) in [6.07, 6.45) is 0. The summed E-state index contributed by atoms with van der Waals surface area (Å²) in [5, 5.41) is 1.33. The largest absolute Gasteiger partial charge is 0.534 e. The molecule has 0 radical (unpaired) electrons. The second kappa shape index (κ2) is 7.09. The molecule has 168 valence electrons. The van der Waals surface area contributed by atoms with E-state index in [0.717, 1.165) is 16.5 Å². The highest BCUT2D eigenvalue weighted by Gasteiger charge is 2.48. The molecular formula is C26H19F3O3S. The zero-order chi connectivity index (χ0) is 23.6. The van der Waals surface area contributed by atoms with Crippen LogP contribution < -0.4 is 4.18 Å². The normalized spacial score (nSPS) is 14.7. The fourth-order valence-corrected chi connectivity index (χ4v) is 4.96. The molecule has 4 aromatic carbocycles. The lowest BCUT2D eigenvalue weighted by Crippen LogP contribution is -2.28. The molecule has 0 fully saturated rings. The van der Waals surface area contributed by atoms with E-state index in [-0.39, 0.29) is 11.2 Å². The first-order valence-electron chi connectivity index (χ1n) is 10.3. The van der Waals surface area contributed by atoms with Gasteiger partial charge in [0.2, 0.25) is 0 Å². The Kier molecular flexibility index (Phi) is 4.62. The monoisotopic (exact) mass is 468 g/mol. The van der Waals surface area contributed by atoms with E-state index in [1.165, 1.54) is 34.4 Å². The van der Waals surface area contributed by atoms with Crippen molar-refractivity contribution in [1.82, 2.24) is 0 Å². The van der Waals surface area contributed by atoms with Gasteiger partial charge in [-0.15, -0.1) is 0 Å². The predicted octanol–water partition coefficient (Wildman–Crippen LogP) is 7.04. The summed E-state index contributed by atoms with van der Waals surface area (Å²) in [6.45, 7) is 4.41. The molecule has 0 saturated carbocycles. The van der Waals surface area contributed by atoms with E-state index < -0.39 is 15.6 Å². The van der Waals surface area contributed by atoms with Crippen LogP contribution in [0.25, 0.3) is 33.0 Å². The van der Waals surface area contributed by atoms with Crippen LogP contribution >= 0.6 is 0 Å². The number of hydrogen-bond acceptors (Lipinski definition) is 3. The first-order chi connectivity index (χ1) is 15.5. The third kappa shape index (κ3) is 3.47. The quantitative estimate of drug-likeness (QED) is 0.239. The average molecular weight is 468 g/mol. The van der Waals surface area contributed by atoms with Crippen molar-refractivity contribution in [2.75, 3.05) is 0 Å². The van der Waals surface area contributed by atoms with Crippen LogP contribution in [-0.2, 0) is 15.5 Å². The van der Waals surface area contributed by atoms with Gasteiger partial charge < -0.3 is 4.18 Å². The molecule has 1 aliphatic carbocycles. The third-order valence-electron chi connectivity index (χ3n) is 6.22. The van der Waals surface area contributed by atoms with Crippen molar-refractivity contribution in [3.05, 3.63) is 90.0 Å². The molecule has 33 heavy (non-hydrogen) atoms. The van der Waals surface area contributed by atoms with Crippen LogP contribution in [0.2, 0.25) is 0 Å². The molecule has 4 aromatic rings. The fourth-order valence-electron chi connectivity index (χ4n) is 4.51. The number of halogens is 3. The summed E-state index contributed by atoms with van der Waals surface area (Å²) in [5.41, 5.74) is 1.35. The van der Waals surface area contributed by atoms with Gasteiger partial charge in [-0.1, -0.05) is 68.4 Å². The maximum absolute atomic E-state index is 12.6. The number of fused-ring (bicyclic) bond motifs is 4. The molecule has 1 aliphatic rings. The van der Waals surface area contributed by atoms with Crippen molar-refractivity contribution in [2.24, 2.45) is 0 Å². The van der Waals surface area contributed by atoms with Crippen LogP contribution in [0, 0.1) is 0 Å². The molecule has 7 heteroatoms. The van der Waals surface area contributed by atoms with Crippen molar-refractivity contribution in [1.29, 1.82) is 0 Å². The minimum Gasteiger partial charge on any atom is -0.376 e. The highest BCUT2D eigenvalue weighted by Crippen LogP contribution is 2.49. The van der Waals surface area contributed by atoms with Gasteiger partial charge >= 0.3 is 15.6 Å². The van der Waals surface area contributed by atoms with Gasteiger partial charge in [-0.2, -0.15) is 21.6 Å². The van der Waals surface area contributed by atoms with Crippen molar-refractivity contribution < 1.29 is 25.8 Å². The van der Waals surface area contributed by atoms with E-state index in [4.69, 9.17) is 0 Å². The van der Waals surface area contributed by atoms with Crippen molar-refractivity contribution in [2.45, 2.75) is 24.8 Å². The van der Waals surface area contributed by atoms with Gasteiger partial charge in [0.05, 0.1) is 0 Å². The highest BCUT2D eigenvalue weighted by atomic mass is 32.2. The van der Waals surface area contributed by atoms with Crippen LogP contribution in [0.5, 0.6) is 5.75 Å². The maximum Gasteiger partial charge on any atom is 0.534 e. The van der Waals surface area contributed by atoms with Crippen LogP contribution in [0.1, 0.15) is 25.0 Å². The molecule has 3 nitrogen and oxygen atoms in total. The Labute approximate surface area is 189 Å². The molecule has 0 saturated heterocycles. The van der Waals surface area contributed by atoms with Crippen LogP contribution in [0.4, 0.5) is 13.2 Å². The van der Waals surface area contributed by atoms with Gasteiger partial charge in [-0.3, -0.25) is 0 Å². The molecule has 0 heterocycles. The maximum atomic E-state index is 12.6. The predicted molar refractivity (Wildman–Crippen MR) is 123 cm³/mol. The lowest BCUT2D eigenvalue weighted by atomic mass is 9.81. The second-order valence-electron chi connectivity index (χ2n) is 8.64. The average Bonchev–Trinajstić information content (AvgIpc) is 2.99. The van der Waals surface area contributed by atoms with Gasteiger partial charge in [-0.05, 0) is 68.4 Å². The van der Waals surface area contributed by atoms with Crippen molar-refractivity contribution in [3.8, 4) is 28.0 Å². The minimum atomic E-state index is -5.71. The standard InChI is InChI=1S/C26H19F3O3S/c1-25(2)23-6-4-3-5-21(23)22-12-10-19(15-24(22)25)16-7-8-18-14-20(11-9-17(18)13-16)32-33(30,31)26(27,28)29/h3-15H,1-2H3. The van der Waals surface area contributed by atoms with Crippen molar-refractivity contribution in [3.63, 3.8) is 0 Å². The van der Waals surface area contributed by atoms with E-state index in [9.17, 15) is 21.6 Å². The van der Waals surface area contributed by atoms with E-state index >= 15 is 0 Å². The van der Waals surface area contributed by atoms with Gasteiger partial charge in [0.15, 0.2) is 0 Å². The van der Waals surface area contributed by atoms with Crippen LogP contribution in [0.15, 0.2) is 78.9 Å². The molecule has 0 unspecified atom stereocenters. The minimum absolute atomic E-state index is 0.130. The number of hydrogen-bond donors (Lipinski definition) is 0. The summed E-state index contributed by atoms with van der Waals surface area (Å²) < 4.78 is 64.6. The summed E-state index contributed by atoms with van der Waals surface area (Å²) in [5.74, 6) is -0.385. The zero-order valence-electron chi connectivity index (χ0n) is 17.8. The molecule has 0 amide bonds. The lowest BCUT2D eigenvalue weighted by Gasteiger charge is -2.22. The van der Waals surface area contributed by atoms with E-state index in [1.54, 1.807) is 12.1 Å². The Balaban J connectivity index is 1.51. The lowest BCUT2D eigenvalue weighted by molar-refractivity contribution is -0.0500. The fraction of sp³-hybridized carbons (Fsp3) is 0.154. The van der Waals surface area contributed by atoms with Crippen LogP contribution in [0.3, 0.4) is 0 Å². The highest BCUT2D eigenvalue weighted by molar-refractivity contribution is 7.88. The second-order valence-corrected chi connectivity index (χ2v) is 10.2. The zero-order valence-corrected chi connectivity index (χ0v) is 18.6. The summed E-state index contributed by atoms with van der Waals surface area (Å²) >= 11 is 0. The van der Waals surface area contributed by atoms with Gasteiger partial charge in [0.1, 0.15) is 5.75 Å². The Hall–Kier alpha value is -3.32. The van der Waals surface area contributed by atoms with E-state index in [0.29, 0.717) is 5.39 Å². The Morgan fingerprint density at radius 1 is 0.727 bits per heavy atom. The molecule has 5 rings (SSSR count). The first-order valence-corrected chi connectivity index (χ1v) is 11.7. The third-order valence-corrected chi connectivity index (χ3v) is 7.20. The Bertz CT molecular complexity index is 1520.